The summed E-state index contributed by atoms with van der Waals surface area (Å²) in [5, 5.41) is 28.5. The largest absolute Gasteiger partial charge is 0.388 e. The van der Waals surface area contributed by atoms with Crippen molar-refractivity contribution in [2.45, 2.75) is 31.2 Å². The van der Waals surface area contributed by atoms with Crippen molar-refractivity contribution in [3.8, 4) is 0 Å². The van der Waals surface area contributed by atoms with Gasteiger partial charge in [-0.05, 0) is 5.56 Å². The molecule has 1 aromatic rings. The Morgan fingerprint density at radius 1 is 1.18 bits per heavy atom. The first kappa shape index (κ1) is 12.5. The molecule has 1 saturated heterocycles. The van der Waals surface area contributed by atoms with Crippen LogP contribution in [-0.4, -0.2) is 46.5 Å². The van der Waals surface area contributed by atoms with Gasteiger partial charge in [0.15, 0.2) is 6.29 Å². The molecule has 4 atom stereocenters. The molecule has 0 amide bonds. The first-order valence-corrected chi connectivity index (χ1v) is 5.50. The fourth-order valence-corrected chi connectivity index (χ4v) is 1.76. The Morgan fingerprint density at radius 2 is 1.88 bits per heavy atom. The molecule has 17 heavy (non-hydrogen) atoms. The minimum absolute atomic E-state index is 0.0440. The lowest BCUT2D eigenvalue weighted by Gasteiger charge is -2.35. The Morgan fingerprint density at radius 3 is 2.59 bits per heavy atom. The molecule has 3 N–H and O–H groups in total. The first-order valence-electron chi connectivity index (χ1n) is 5.50. The molecule has 5 heteroatoms. The summed E-state index contributed by atoms with van der Waals surface area (Å²) in [6.07, 6.45) is -4.31. The molecule has 4 unspecified atom stereocenters. The Kier molecular flexibility index (Phi) is 4.09. The van der Waals surface area contributed by atoms with E-state index in [2.05, 4.69) is 0 Å². The maximum Gasteiger partial charge on any atom is 0.183 e. The number of hydrogen-bond donors (Lipinski definition) is 3. The molecule has 1 aliphatic heterocycles. The standard InChI is InChI=1S/C12H16O5/c13-9-7-17-12(15)10(14)11(9)16-6-8-4-2-1-3-5-8/h1-5,9-15H,6-7H2. The van der Waals surface area contributed by atoms with Crippen molar-refractivity contribution in [2.24, 2.45) is 0 Å². The van der Waals surface area contributed by atoms with Gasteiger partial charge >= 0.3 is 0 Å². The quantitative estimate of drug-likeness (QED) is 0.672. The SMILES string of the molecule is OC1COC(O)C(O)C1OCc1ccccc1. The molecule has 94 valence electrons. The van der Waals surface area contributed by atoms with Crippen LogP contribution in [0.25, 0.3) is 0 Å². The average molecular weight is 240 g/mol. The number of aliphatic hydroxyl groups is 3. The van der Waals surface area contributed by atoms with Crippen LogP contribution >= 0.6 is 0 Å². The molecule has 0 aromatic heterocycles. The Hall–Kier alpha value is -0.980. The van der Waals surface area contributed by atoms with E-state index in [0.717, 1.165) is 5.56 Å². The highest BCUT2D eigenvalue weighted by molar-refractivity contribution is 5.13. The summed E-state index contributed by atoms with van der Waals surface area (Å²) in [5.74, 6) is 0. The highest BCUT2D eigenvalue weighted by Crippen LogP contribution is 2.18. The maximum absolute atomic E-state index is 9.63. The predicted molar refractivity (Wildman–Crippen MR) is 59.0 cm³/mol. The predicted octanol–water partition coefficient (Wildman–Crippen LogP) is -0.358. The number of hydrogen-bond acceptors (Lipinski definition) is 5. The third-order valence-electron chi connectivity index (χ3n) is 2.73. The van der Waals surface area contributed by atoms with E-state index in [9.17, 15) is 15.3 Å². The Balaban J connectivity index is 1.93. The molecule has 1 fully saturated rings. The van der Waals surface area contributed by atoms with Crippen LogP contribution in [0.3, 0.4) is 0 Å². The molecule has 1 heterocycles. The van der Waals surface area contributed by atoms with E-state index < -0.39 is 24.6 Å². The zero-order valence-electron chi connectivity index (χ0n) is 9.27. The van der Waals surface area contributed by atoms with Gasteiger partial charge in [0.1, 0.15) is 18.3 Å². The molecule has 0 radical (unpaired) electrons. The molecule has 0 saturated carbocycles. The average Bonchev–Trinajstić information content (AvgIpc) is 2.35. The summed E-state index contributed by atoms with van der Waals surface area (Å²) in [4.78, 5) is 0. The van der Waals surface area contributed by atoms with Crippen LogP contribution in [0.1, 0.15) is 5.56 Å². The summed E-state index contributed by atoms with van der Waals surface area (Å²) in [6, 6.07) is 9.42. The van der Waals surface area contributed by atoms with Crippen LogP contribution in [0.4, 0.5) is 0 Å². The molecular weight excluding hydrogens is 224 g/mol. The molecule has 1 aliphatic rings. The topological polar surface area (TPSA) is 79.2 Å². The van der Waals surface area contributed by atoms with Crippen molar-refractivity contribution in [3.05, 3.63) is 35.9 Å². The fourth-order valence-electron chi connectivity index (χ4n) is 1.76. The second kappa shape index (κ2) is 5.57. The van der Waals surface area contributed by atoms with E-state index in [1.807, 2.05) is 30.3 Å². The van der Waals surface area contributed by atoms with Crippen molar-refractivity contribution >= 4 is 0 Å². The van der Waals surface area contributed by atoms with Gasteiger partial charge in [0.2, 0.25) is 0 Å². The lowest BCUT2D eigenvalue weighted by molar-refractivity contribution is -0.264. The normalized spacial score (nSPS) is 33.6. The number of aliphatic hydroxyl groups excluding tert-OH is 3. The van der Waals surface area contributed by atoms with Crippen LogP contribution in [0.5, 0.6) is 0 Å². The molecule has 1 aromatic carbocycles. The van der Waals surface area contributed by atoms with E-state index in [4.69, 9.17) is 9.47 Å². The van der Waals surface area contributed by atoms with Crippen LogP contribution in [-0.2, 0) is 16.1 Å². The van der Waals surface area contributed by atoms with Crippen LogP contribution in [0.15, 0.2) is 30.3 Å². The molecule has 0 spiro atoms. The van der Waals surface area contributed by atoms with Gasteiger partial charge in [-0.25, -0.2) is 0 Å². The van der Waals surface area contributed by atoms with E-state index in [-0.39, 0.29) is 13.2 Å². The zero-order valence-corrected chi connectivity index (χ0v) is 9.27. The molecule has 2 rings (SSSR count). The third kappa shape index (κ3) is 3.02. The first-order chi connectivity index (χ1) is 8.18. The monoisotopic (exact) mass is 240 g/mol. The smallest absolute Gasteiger partial charge is 0.183 e. The number of benzene rings is 1. The van der Waals surface area contributed by atoms with Crippen LogP contribution in [0.2, 0.25) is 0 Å². The number of rotatable bonds is 3. The molecular formula is C12H16O5. The van der Waals surface area contributed by atoms with Crippen molar-refractivity contribution in [3.63, 3.8) is 0 Å². The van der Waals surface area contributed by atoms with Gasteiger partial charge in [-0.1, -0.05) is 30.3 Å². The second-order valence-electron chi connectivity index (χ2n) is 4.04. The van der Waals surface area contributed by atoms with Gasteiger partial charge in [-0.15, -0.1) is 0 Å². The summed E-state index contributed by atoms with van der Waals surface area (Å²) in [5.41, 5.74) is 0.938. The third-order valence-corrected chi connectivity index (χ3v) is 2.73. The summed E-state index contributed by atoms with van der Waals surface area (Å²) in [6.45, 7) is 0.226. The van der Waals surface area contributed by atoms with Gasteiger partial charge in [0, 0.05) is 0 Å². The fraction of sp³-hybridized carbons (Fsp3) is 0.500. The number of ether oxygens (including phenoxy) is 2. The summed E-state index contributed by atoms with van der Waals surface area (Å²) >= 11 is 0. The lowest BCUT2D eigenvalue weighted by atomic mass is 10.1. The van der Waals surface area contributed by atoms with Crippen molar-refractivity contribution in [1.82, 2.24) is 0 Å². The Bertz CT molecular complexity index is 342. The minimum atomic E-state index is -1.31. The van der Waals surface area contributed by atoms with Crippen LogP contribution in [0, 0.1) is 0 Å². The van der Waals surface area contributed by atoms with Gasteiger partial charge < -0.3 is 24.8 Å². The highest BCUT2D eigenvalue weighted by Gasteiger charge is 2.38. The van der Waals surface area contributed by atoms with Crippen molar-refractivity contribution in [1.29, 1.82) is 0 Å². The maximum atomic E-state index is 9.63. The van der Waals surface area contributed by atoms with Gasteiger partial charge in [0.05, 0.1) is 13.2 Å². The minimum Gasteiger partial charge on any atom is -0.388 e. The molecule has 0 aliphatic carbocycles. The van der Waals surface area contributed by atoms with E-state index in [1.54, 1.807) is 0 Å². The van der Waals surface area contributed by atoms with Crippen molar-refractivity contribution < 1.29 is 24.8 Å². The summed E-state index contributed by atoms with van der Waals surface area (Å²) in [7, 11) is 0. The lowest BCUT2D eigenvalue weighted by Crippen LogP contribution is -2.53. The van der Waals surface area contributed by atoms with Gasteiger partial charge in [-0.2, -0.15) is 0 Å². The van der Waals surface area contributed by atoms with Crippen LogP contribution < -0.4 is 0 Å². The summed E-state index contributed by atoms with van der Waals surface area (Å²) < 4.78 is 10.2. The van der Waals surface area contributed by atoms with E-state index >= 15 is 0 Å². The highest BCUT2D eigenvalue weighted by atomic mass is 16.6. The van der Waals surface area contributed by atoms with Gasteiger partial charge in [0.25, 0.3) is 0 Å². The molecule has 5 nitrogen and oxygen atoms in total. The van der Waals surface area contributed by atoms with E-state index in [1.165, 1.54) is 0 Å². The Labute approximate surface area is 99.2 Å². The second-order valence-corrected chi connectivity index (χ2v) is 4.04. The van der Waals surface area contributed by atoms with Crippen molar-refractivity contribution in [2.75, 3.05) is 6.61 Å². The van der Waals surface area contributed by atoms with E-state index in [0.29, 0.717) is 0 Å². The van der Waals surface area contributed by atoms with Gasteiger partial charge in [-0.3, -0.25) is 0 Å². The molecule has 0 bridgehead atoms. The zero-order chi connectivity index (χ0) is 12.3.